The van der Waals surface area contributed by atoms with Gasteiger partial charge in [0.05, 0.1) is 4.90 Å². The van der Waals surface area contributed by atoms with Crippen LogP contribution in [0.3, 0.4) is 0 Å². The van der Waals surface area contributed by atoms with Crippen LogP contribution in [0.5, 0.6) is 0 Å². The summed E-state index contributed by atoms with van der Waals surface area (Å²) < 4.78 is 26.5. The van der Waals surface area contributed by atoms with Gasteiger partial charge in [0.15, 0.2) is 0 Å². The molecule has 19 heavy (non-hydrogen) atoms. The molecule has 0 aliphatic heterocycles. The van der Waals surface area contributed by atoms with Crippen LogP contribution in [0.25, 0.3) is 0 Å². The van der Waals surface area contributed by atoms with Crippen LogP contribution < -0.4 is 10.5 Å². The molecule has 2 aromatic rings. The van der Waals surface area contributed by atoms with Gasteiger partial charge in [-0.25, -0.2) is 28.1 Å². The number of rotatable bonds is 3. The molecule has 0 saturated carbocycles. The number of nitrogen functional groups attached to an aromatic ring is 1. The Balaban J connectivity index is 2.36. The largest absolute Gasteiger partial charge is 0.384 e. The molecule has 7 nitrogen and oxygen atoms in total. The molecule has 0 bridgehead atoms. The summed E-state index contributed by atoms with van der Waals surface area (Å²) in [6.45, 7) is 3.52. The van der Waals surface area contributed by atoms with Crippen LogP contribution in [-0.4, -0.2) is 23.4 Å². The minimum absolute atomic E-state index is 0.0164. The molecule has 0 spiro atoms. The number of hydrogen-bond acceptors (Lipinski definition) is 6. The second-order valence-corrected chi connectivity index (χ2v) is 5.68. The van der Waals surface area contributed by atoms with Crippen molar-refractivity contribution >= 4 is 21.8 Å². The number of nitrogens with two attached hydrogens (primary N) is 1. The molecule has 3 N–H and O–H groups in total. The van der Waals surface area contributed by atoms with E-state index in [0.29, 0.717) is 11.4 Å². The van der Waals surface area contributed by atoms with E-state index in [9.17, 15) is 8.42 Å². The molecule has 0 fully saturated rings. The first kappa shape index (κ1) is 13.2. The molecule has 0 unspecified atom stereocenters. The quantitative estimate of drug-likeness (QED) is 0.862. The molecule has 0 aromatic carbocycles. The van der Waals surface area contributed by atoms with Crippen LogP contribution >= 0.6 is 0 Å². The zero-order valence-electron chi connectivity index (χ0n) is 10.5. The van der Waals surface area contributed by atoms with E-state index in [4.69, 9.17) is 5.73 Å². The highest BCUT2D eigenvalue weighted by molar-refractivity contribution is 7.92. The highest BCUT2D eigenvalue weighted by Crippen LogP contribution is 2.14. The van der Waals surface area contributed by atoms with Gasteiger partial charge in [-0.15, -0.1) is 0 Å². The third-order valence-corrected chi connectivity index (χ3v) is 3.60. The second kappa shape index (κ2) is 4.81. The van der Waals surface area contributed by atoms with Gasteiger partial charge in [-0.05, 0) is 26.0 Å². The summed E-state index contributed by atoms with van der Waals surface area (Å²) in [6.07, 6.45) is 1.33. The van der Waals surface area contributed by atoms with Crippen LogP contribution in [0.4, 0.5) is 11.8 Å². The van der Waals surface area contributed by atoms with Crippen molar-refractivity contribution in [3.05, 3.63) is 35.8 Å². The van der Waals surface area contributed by atoms with Gasteiger partial charge in [-0.2, -0.15) is 0 Å². The van der Waals surface area contributed by atoms with Gasteiger partial charge < -0.3 is 5.73 Å². The van der Waals surface area contributed by atoms with Gasteiger partial charge in [-0.1, -0.05) is 0 Å². The molecule has 8 heteroatoms. The van der Waals surface area contributed by atoms with Crippen molar-refractivity contribution in [2.24, 2.45) is 0 Å². The molecule has 2 aromatic heterocycles. The minimum Gasteiger partial charge on any atom is -0.384 e. The van der Waals surface area contributed by atoms with E-state index < -0.39 is 10.0 Å². The zero-order chi connectivity index (χ0) is 14.0. The normalized spacial score (nSPS) is 11.3. The Morgan fingerprint density at radius 2 is 1.79 bits per heavy atom. The lowest BCUT2D eigenvalue weighted by atomic mass is 10.4. The van der Waals surface area contributed by atoms with Crippen LogP contribution in [0.1, 0.15) is 11.4 Å². The van der Waals surface area contributed by atoms with Crippen molar-refractivity contribution in [1.82, 2.24) is 15.0 Å². The molecule has 2 rings (SSSR count). The number of aromatic nitrogens is 3. The second-order valence-electron chi connectivity index (χ2n) is 4.00. The first-order chi connectivity index (χ1) is 8.87. The number of sulfonamides is 1. The fourth-order valence-electron chi connectivity index (χ4n) is 1.55. The number of hydrogen-bond donors (Lipinski definition) is 2. The molecule has 0 aliphatic carbocycles. The Labute approximate surface area is 111 Å². The summed E-state index contributed by atoms with van der Waals surface area (Å²) in [5.41, 5.74) is 6.82. The van der Waals surface area contributed by atoms with Crippen LogP contribution in [-0.2, 0) is 10.0 Å². The summed E-state index contributed by atoms with van der Waals surface area (Å²) in [4.78, 5) is 11.8. The Morgan fingerprint density at radius 1 is 1.16 bits per heavy atom. The summed E-state index contributed by atoms with van der Waals surface area (Å²) in [5.74, 6) is 0.164. The first-order valence-corrected chi connectivity index (χ1v) is 6.92. The van der Waals surface area contributed by atoms with E-state index in [1.165, 1.54) is 18.3 Å². The van der Waals surface area contributed by atoms with Crippen LogP contribution in [0.2, 0.25) is 0 Å². The lowest BCUT2D eigenvalue weighted by molar-refractivity contribution is 0.600. The molecule has 0 saturated heterocycles. The molecule has 0 radical (unpaired) electrons. The van der Waals surface area contributed by atoms with Crippen molar-refractivity contribution in [2.75, 3.05) is 10.5 Å². The monoisotopic (exact) mass is 279 g/mol. The lowest BCUT2D eigenvalue weighted by Gasteiger charge is -2.08. The van der Waals surface area contributed by atoms with E-state index in [1.807, 2.05) is 0 Å². The van der Waals surface area contributed by atoms with Crippen LogP contribution in [0, 0.1) is 13.8 Å². The van der Waals surface area contributed by atoms with Crippen molar-refractivity contribution in [3.63, 3.8) is 0 Å². The number of nitrogens with zero attached hydrogens (tertiary/aromatic N) is 3. The molecule has 100 valence electrons. The summed E-state index contributed by atoms with van der Waals surface area (Å²) >= 11 is 0. The molecular weight excluding hydrogens is 266 g/mol. The number of nitrogens with one attached hydrogen (secondary N) is 1. The standard InChI is InChI=1S/C11H13N5O2S/c1-7-5-8(2)15-11(14-7)16-19(17,18)9-3-4-13-10(12)6-9/h3-6H,1-2H3,(H2,12,13)(H,14,15,16). The Hall–Kier alpha value is -2.22. The number of aryl methyl sites for hydroxylation is 2. The lowest BCUT2D eigenvalue weighted by Crippen LogP contribution is -2.16. The van der Waals surface area contributed by atoms with Gasteiger partial charge >= 0.3 is 0 Å². The molecular formula is C11H13N5O2S. The molecule has 2 heterocycles. The van der Waals surface area contributed by atoms with Gasteiger partial charge in [0.1, 0.15) is 5.82 Å². The van der Waals surface area contributed by atoms with Crippen LogP contribution in [0.15, 0.2) is 29.3 Å². The highest BCUT2D eigenvalue weighted by Gasteiger charge is 2.16. The first-order valence-electron chi connectivity index (χ1n) is 5.43. The summed E-state index contributed by atoms with van der Waals surface area (Å²) in [5, 5.41) is 0. The predicted molar refractivity (Wildman–Crippen MR) is 71.0 cm³/mol. The number of pyridine rings is 1. The Kier molecular flexibility index (Phi) is 3.34. The van der Waals surface area contributed by atoms with Gasteiger partial charge in [-0.3, -0.25) is 0 Å². The topological polar surface area (TPSA) is 111 Å². The Morgan fingerprint density at radius 3 is 2.37 bits per heavy atom. The van der Waals surface area contributed by atoms with E-state index in [-0.39, 0.29) is 16.7 Å². The highest BCUT2D eigenvalue weighted by atomic mass is 32.2. The minimum atomic E-state index is -3.76. The van der Waals surface area contributed by atoms with E-state index >= 15 is 0 Å². The van der Waals surface area contributed by atoms with Crippen molar-refractivity contribution in [1.29, 1.82) is 0 Å². The predicted octanol–water partition coefficient (Wildman–Crippen LogP) is 0.871. The van der Waals surface area contributed by atoms with Crippen molar-refractivity contribution in [3.8, 4) is 0 Å². The molecule has 0 aliphatic rings. The van der Waals surface area contributed by atoms with Crippen molar-refractivity contribution in [2.45, 2.75) is 18.7 Å². The Bertz CT molecular complexity index is 695. The average molecular weight is 279 g/mol. The third-order valence-electron chi connectivity index (χ3n) is 2.27. The third kappa shape index (κ3) is 3.16. The van der Waals surface area contributed by atoms with Gasteiger partial charge in [0.25, 0.3) is 10.0 Å². The molecule has 0 atom stereocenters. The molecule has 0 amide bonds. The SMILES string of the molecule is Cc1cc(C)nc(NS(=O)(=O)c2ccnc(N)c2)n1. The zero-order valence-corrected chi connectivity index (χ0v) is 11.3. The summed E-state index contributed by atoms with van der Waals surface area (Å²) in [6, 6.07) is 4.37. The number of anilines is 2. The maximum atomic E-state index is 12.1. The van der Waals surface area contributed by atoms with E-state index in [1.54, 1.807) is 19.9 Å². The fourth-order valence-corrected chi connectivity index (χ4v) is 2.51. The van der Waals surface area contributed by atoms with Crippen molar-refractivity contribution < 1.29 is 8.42 Å². The van der Waals surface area contributed by atoms with E-state index in [2.05, 4.69) is 19.7 Å². The smallest absolute Gasteiger partial charge is 0.264 e. The fraction of sp³-hybridized carbons (Fsp3) is 0.182. The maximum absolute atomic E-state index is 12.1. The maximum Gasteiger partial charge on any atom is 0.264 e. The van der Waals surface area contributed by atoms with E-state index in [0.717, 1.165) is 0 Å². The van der Waals surface area contributed by atoms with Gasteiger partial charge in [0, 0.05) is 23.7 Å². The average Bonchev–Trinajstić information content (AvgIpc) is 2.26. The van der Waals surface area contributed by atoms with Gasteiger partial charge in [0.2, 0.25) is 5.95 Å². The summed E-state index contributed by atoms with van der Waals surface area (Å²) in [7, 11) is -3.76.